The van der Waals surface area contributed by atoms with E-state index in [-0.39, 0.29) is 0 Å². The van der Waals surface area contributed by atoms with E-state index in [0.29, 0.717) is 5.56 Å². The first kappa shape index (κ1) is 18.5. The van der Waals surface area contributed by atoms with Crippen molar-refractivity contribution in [3.8, 4) is 11.3 Å². The minimum absolute atomic E-state index is 0.381. The zero-order valence-corrected chi connectivity index (χ0v) is 16.5. The van der Waals surface area contributed by atoms with Crippen LogP contribution in [0.1, 0.15) is 47.2 Å². The number of rotatable bonds is 3. The Labute approximate surface area is 165 Å². The van der Waals surface area contributed by atoms with Gasteiger partial charge in [-0.05, 0) is 32.3 Å². The lowest BCUT2D eigenvalue weighted by molar-refractivity contribution is 0.0699. The molecule has 1 aliphatic heterocycles. The molecule has 144 valence electrons. The summed E-state index contributed by atoms with van der Waals surface area (Å²) in [5, 5.41) is 10.9. The summed E-state index contributed by atoms with van der Waals surface area (Å²) in [5.41, 5.74) is 5.85. The second kappa shape index (κ2) is 7.63. The number of carboxylic acid groups (broad SMARTS) is 1. The van der Waals surface area contributed by atoms with Gasteiger partial charge in [-0.25, -0.2) is 9.78 Å². The van der Waals surface area contributed by atoms with Crippen molar-refractivity contribution in [2.75, 3.05) is 18.0 Å². The zero-order valence-electron chi connectivity index (χ0n) is 16.5. The van der Waals surface area contributed by atoms with Crippen molar-refractivity contribution in [1.82, 2.24) is 4.98 Å². The quantitative estimate of drug-likeness (QED) is 0.648. The number of anilines is 1. The van der Waals surface area contributed by atoms with Crippen molar-refractivity contribution >= 4 is 22.6 Å². The molecule has 2 aromatic carbocycles. The summed E-state index contributed by atoms with van der Waals surface area (Å²) in [6, 6.07) is 14.0. The van der Waals surface area contributed by atoms with E-state index in [2.05, 4.69) is 36.1 Å². The third-order valence-electron chi connectivity index (χ3n) is 5.65. The number of benzene rings is 2. The van der Waals surface area contributed by atoms with Crippen molar-refractivity contribution in [1.29, 1.82) is 0 Å². The molecule has 4 rings (SSSR count). The average molecular weight is 374 g/mol. The Morgan fingerprint density at radius 3 is 2.29 bits per heavy atom. The molecule has 0 atom stereocenters. The average Bonchev–Trinajstić information content (AvgIpc) is 2.97. The number of aromatic nitrogens is 1. The third-order valence-corrected chi connectivity index (χ3v) is 5.65. The highest BCUT2D eigenvalue weighted by Gasteiger charge is 2.26. The summed E-state index contributed by atoms with van der Waals surface area (Å²) < 4.78 is 0. The van der Waals surface area contributed by atoms with Crippen molar-refractivity contribution in [3.05, 3.63) is 59.2 Å². The largest absolute Gasteiger partial charge is 0.478 e. The van der Waals surface area contributed by atoms with E-state index < -0.39 is 5.97 Å². The van der Waals surface area contributed by atoms with Gasteiger partial charge in [0.2, 0.25) is 0 Å². The Morgan fingerprint density at radius 1 is 0.964 bits per heavy atom. The van der Waals surface area contributed by atoms with Crippen LogP contribution in [0.15, 0.2) is 42.5 Å². The van der Waals surface area contributed by atoms with Gasteiger partial charge in [0.15, 0.2) is 0 Å². The number of aromatic carboxylic acids is 1. The van der Waals surface area contributed by atoms with E-state index in [1.54, 1.807) is 0 Å². The van der Waals surface area contributed by atoms with Crippen LogP contribution in [0.4, 0.5) is 5.69 Å². The van der Waals surface area contributed by atoms with Crippen LogP contribution >= 0.6 is 0 Å². The number of carboxylic acids is 1. The fraction of sp³-hybridized carbons (Fsp3) is 0.333. The van der Waals surface area contributed by atoms with Crippen molar-refractivity contribution < 1.29 is 9.90 Å². The first-order valence-corrected chi connectivity index (χ1v) is 10.0. The maximum absolute atomic E-state index is 12.5. The number of aryl methyl sites for hydroxylation is 2. The topological polar surface area (TPSA) is 53.4 Å². The van der Waals surface area contributed by atoms with Crippen LogP contribution in [0.2, 0.25) is 0 Å². The predicted octanol–water partition coefficient (Wildman–Crippen LogP) is 5.60. The summed E-state index contributed by atoms with van der Waals surface area (Å²) in [4.78, 5) is 19.7. The van der Waals surface area contributed by atoms with Gasteiger partial charge in [-0.2, -0.15) is 0 Å². The van der Waals surface area contributed by atoms with Crippen LogP contribution in [0.3, 0.4) is 0 Å². The molecule has 0 amide bonds. The highest BCUT2D eigenvalue weighted by molar-refractivity contribution is 6.11. The molecule has 0 spiro atoms. The van der Waals surface area contributed by atoms with Crippen LogP contribution in [0.5, 0.6) is 0 Å². The van der Waals surface area contributed by atoms with Gasteiger partial charge in [0.05, 0.1) is 22.5 Å². The van der Waals surface area contributed by atoms with Crippen molar-refractivity contribution in [3.63, 3.8) is 0 Å². The molecular formula is C24H26N2O2. The van der Waals surface area contributed by atoms with Crippen LogP contribution in [0, 0.1) is 13.8 Å². The monoisotopic (exact) mass is 374 g/mol. The molecule has 28 heavy (non-hydrogen) atoms. The van der Waals surface area contributed by atoms with Gasteiger partial charge < -0.3 is 10.0 Å². The van der Waals surface area contributed by atoms with Crippen molar-refractivity contribution in [2.24, 2.45) is 0 Å². The molecule has 4 heteroatoms. The SMILES string of the molecule is Cc1ccc(-c2nc3c(C)cccc3c(C(=O)O)c2N2CCCCCC2)cc1. The fourth-order valence-electron chi connectivity index (χ4n) is 4.15. The molecule has 1 saturated heterocycles. The minimum atomic E-state index is -0.884. The number of para-hydroxylation sites is 1. The molecule has 3 aromatic rings. The van der Waals surface area contributed by atoms with E-state index in [9.17, 15) is 9.90 Å². The van der Waals surface area contributed by atoms with Gasteiger partial charge >= 0.3 is 5.97 Å². The molecule has 2 heterocycles. The Balaban J connectivity index is 2.06. The smallest absolute Gasteiger partial charge is 0.338 e. The summed E-state index contributed by atoms with van der Waals surface area (Å²) in [6.45, 7) is 5.79. The normalized spacial score (nSPS) is 14.9. The van der Waals surface area contributed by atoms with E-state index in [0.717, 1.165) is 59.3 Å². The molecule has 1 aliphatic rings. The van der Waals surface area contributed by atoms with Gasteiger partial charge in [0, 0.05) is 24.0 Å². The fourth-order valence-corrected chi connectivity index (χ4v) is 4.15. The van der Waals surface area contributed by atoms with Gasteiger partial charge in [0.25, 0.3) is 0 Å². The predicted molar refractivity (Wildman–Crippen MR) is 114 cm³/mol. The molecule has 1 fully saturated rings. The molecular weight excluding hydrogens is 348 g/mol. The van der Waals surface area contributed by atoms with Crippen LogP contribution < -0.4 is 4.90 Å². The summed E-state index contributed by atoms with van der Waals surface area (Å²) in [6.07, 6.45) is 4.55. The third kappa shape index (κ3) is 3.35. The van der Waals surface area contributed by atoms with Crippen molar-refractivity contribution in [2.45, 2.75) is 39.5 Å². The molecule has 0 bridgehead atoms. The molecule has 4 nitrogen and oxygen atoms in total. The molecule has 0 saturated carbocycles. The molecule has 0 unspecified atom stereocenters. The van der Waals surface area contributed by atoms with Crippen LogP contribution in [0.25, 0.3) is 22.2 Å². The van der Waals surface area contributed by atoms with E-state index >= 15 is 0 Å². The van der Waals surface area contributed by atoms with Crippen LogP contribution in [-0.2, 0) is 0 Å². The maximum atomic E-state index is 12.5. The second-order valence-electron chi connectivity index (χ2n) is 7.73. The first-order valence-electron chi connectivity index (χ1n) is 10.0. The lowest BCUT2D eigenvalue weighted by atomic mass is 9.98. The lowest BCUT2D eigenvalue weighted by Crippen LogP contribution is -2.27. The van der Waals surface area contributed by atoms with E-state index in [1.165, 1.54) is 18.4 Å². The summed E-state index contributed by atoms with van der Waals surface area (Å²) in [5.74, 6) is -0.884. The minimum Gasteiger partial charge on any atom is -0.478 e. The standard InChI is InChI=1S/C24H26N2O2/c1-16-10-12-18(13-11-16)22-23(26-14-5-3-4-6-15-26)20(24(27)28)19-9-7-8-17(2)21(19)25-22/h7-13H,3-6,14-15H2,1-2H3,(H,27,28). The summed E-state index contributed by atoms with van der Waals surface area (Å²) >= 11 is 0. The number of hydrogen-bond donors (Lipinski definition) is 1. The number of hydrogen-bond acceptors (Lipinski definition) is 3. The van der Waals surface area contributed by atoms with E-state index in [4.69, 9.17) is 4.98 Å². The Bertz CT molecular complexity index is 1020. The number of carbonyl (C=O) groups is 1. The Morgan fingerprint density at radius 2 is 1.64 bits per heavy atom. The highest BCUT2D eigenvalue weighted by atomic mass is 16.4. The first-order chi connectivity index (χ1) is 13.6. The summed E-state index contributed by atoms with van der Waals surface area (Å²) in [7, 11) is 0. The van der Waals surface area contributed by atoms with Gasteiger partial charge in [-0.1, -0.05) is 60.9 Å². The molecule has 0 aliphatic carbocycles. The molecule has 1 aromatic heterocycles. The number of fused-ring (bicyclic) bond motifs is 1. The zero-order chi connectivity index (χ0) is 19.7. The number of pyridine rings is 1. The van der Waals surface area contributed by atoms with Gasteiger partial charge in [-0.3, -0.25) is 0 Å². The second-order valence-corrected chi connectivity index (χ2v) is 7.73. The number of nitrogens with zero attached hydrogens (tertiary/aromatic N) is 2. The van der Waals surface area contributed by atoms with E-state index in [1.807, 2.05) is 25.1 Å². The van der Waals surface area contributed by atoms with Crippen LogP contribution in [-0.4, -0.2) is 29.1 Å². The lowest BCUT2D eigenvalue weighted by Gasteiger charge is -2.28. The van der Waals surface area contributed by atoms with Gasteiger partial charge in [0.1, 0.15) is 0 Å². The maximum Gasteiger partial charge on any atom is 0.338 e. The highest BCUT2D eigenvalue weighted by Crippen LogP contribution is 2.39. The van der Waals surface area contributed by atoms with Gasteiger partial charge in [-0.15, -0.1) is 0 Å². The molecule has 0 radical (unpaired) electrons. The molecule has 1 N–H and O–H groups in total. The Kier molecular flexibility index (Phi) is 5.03. The Hall–Kier alpha value is -2.88.